The monoisotopic (exact) mass is 334 g/mol. The fraction of sp³-hybridized carbons (Fsp3) is 0.133. The van der Waals surface area contributed by atoms with Crippen molar-refractivity contribution in [3.8, 4) is 10.6 Å². The molecule has 0 bridgehead atoms. The lowest BCUT2D eigenvalue weighted by Gasteiger charge is -2.11. The highest BCUT2D eigenvalue weighted by Gasteiger charge is 2.12. The number of hydrogen-bond donors (Lipinski definition) is 0. The highest BCUT2D eigenvalue weighted by atomic mass is 79.9. The minimum absolute atomic E-state index is 0. The highest BCUT2D eigenvalue weighted by molar-refractivity contribution is 7.21. The van der Waals surface area contributed by atoms with Gasteiger partial charge in [-0.15, -0.1) is 0 Å². The molecule has 0 aliphatic carbocycles. The molecule has 0 saturated heterocycles. The SMILES string of the molecule is CN(C)c1ccc(-c2[nH+]c3ccccc3s2)cc1.[Br-]. The predicted molar refractivity (Wildman–Crippen MR) is 78.1 cm³/mol. The number of anilines is 1. The summed E-state index contributed by atoms with van der Waals surface area (Å²) in [5, 5.41) is 1.21. The first-order chi connectivity index (χ1) is 8.74. The Hall–Kier alpha value is -1.39. The van der Waals surface area contributed by atoms with Crippen LogP contribution in [0.25, 0.3) is 20.8 Å². The molecule has 1 aromatic heterocycles. The number of para-hydroxylation sites is 1. The Bertz CT molecular complexity index is 641. The minimum Gasteiger partial charge on any atom is -1.00 e. The molecule has 4 heteroatoms. The van der Waals surface area contributed by atoms with E-state index in [0.717, 1.165) is 0 Å². The van der Waals surface area contributed by atoms with Crippen molar-refractivity contribution in [1.29, 1.82) is 0 Å². The minimum atomic E-state index is 0. The van der Waals surface area contributed by atoms with Gasteiger partial charge in [0.2, 0.25) is 5.52 Å². The number of hydrogen-bond acceptors (Lipinski definition) is 2. The van der Waals surface area contributed by atoms with Crippen molar-refractivity contribution in [3.05, 3.63) is 48.5 Å². The van der Waals surface area contributed by atoms with E-state index in [4.69, 9.17) is 0 Å². The first-order valence-corrected chi connectivity index (χ1v) is 6.74. The van der Waals surface area contributed by atoms with Gasteiger partial charge < -0.3 is 21.9 Å². The number of aromatic nitrogens is 1. The highest BCUT2D eigenvalue weighted by Crippen LogP contribution is 2.27. The zero-order chi connectivity index (χ0) is 12.5. The van der Waals surface area contributed by atoms with Crippen molar-refractivity contribution in [2.45, 2.75) is 0 Å². The molecule has 3 aromatic rings. The fourth-order valence-electron chi connectivity index (χ4n) is 1.96. The maximum atomic E-state index is 3.47. The average Bonchev–Trinajstić information content (AvgIpc) is 2.82. The zero-order valence-electron chi connectivity index (χ0n) is 10.9. The Kier molecular flexibility index (Phi) is 4.22. The number of halogens is 1. The van der Waals surface area contributed by atoms with E-state index >= 15 is 0 Å². The second-order valence-corrected chi connectivity index (χ2v) is 5.55. The van der Waals surface area contributed by atoms with Gasteiger partial charge in [0.25, 0.3) is 5.01 Å². The van der Waals surface area contributed by atoms with Crippen LogP contribution in [0.4, 0.5) is 5.69 Å². The number of benzene rings is 2. The van der Waals surface area contributed by atoms with Crippen LogP contribution in [0.1, 0.15) is 0 Å². The van der Waals surface area contributed by atoms with E-state index in [1.54, 1.807) is 11.3 Å². The van der Waals surface area contributed by atoms with Crippen LogP contribution in [0, 0.1) is 0 Å². The molecular weight excluding hydrogens is 320 g/mol. The van der Waals surface area contributed by atoms with Gasteiger partial charge in [0.15, 0.2) is 0 Å². The maximum Gasteiger partial charge on any atom is 0.268 e. The molecular formula is C15H15BrN2S. The van der Waals surface area contributed by atoms with E-state index in [-0.39, 0.29) is 17.0 Å². The molecule has 0 atom stereocenters. The summed E-state index contributed by atoms with van der Waals surface area (Å²) in [5.41, 5.74) is 3.66. The third kappa shape index (κ3) is 2.80. The number of aromatic amines is 1. The van der Waals surface area contributed by atoms with Crippen LogP contribution in [0.2, 0.25) is 0 Å². The van der Waals surface area contributed by atoms with E-state index in [1.165, 1.54) is 26.5 Å². The Balaban J connectivity index is 0.00000133. The van der Waals surface area contributed by atoms with Gasteiger partial charge in [-0.25, -0.2) is 0 Å². The summed E-state index contributed by atoms with van der Waals surface area (Å²) in [7, 11) is 4.11. The molecule has 1 heterocycles. The van der Waals surface area contributed by atoms with Crippen molar-refractivity contribution < 1.29 is 22.0 Å². The first-order valence-electron chi connectivity index (χ1n) is 5.92. The van der Waals surface area contributed by atoms with Crippen molar-refractivity contribution in [1.82, 2.24) is 0 Å². The summed E-state index contributed by atoms with van der Waals surface area (Å²) < 4.78 is 1.30. The number of nitrogens with zero attached hydrogens (tertiary/aromatic N) is 1. The molecule has 19 heavy (non-hydrogen) atoms. The van der Waals surface area contributed by atoms with Crippen LogP contribution >= 0.6 is 11.3 Å². The summed E-state index contributed by atoms with van der Waals surface area (Å²) in [6.45, 7) is 0. The van der Waals surface area contributed by atoms with E-state index in [0.29, 0.717) is 0 Å². The number of nitrogens with one attached hydrogen (secondary N) is 1. The second kappa shape index (κ2) is 5.72. The molecule has 1 N–H and O–H groups in total. The lowest BCUT2D eigenvalue weighted by Crippen LogP contribution is -3.00. The van der Waals surface area contributed by atoms with Crippen LogP contribution in [-0.4, -0.2) is 14.1 Å². The predicted octanol–water partition coefficient (Wildman–Crippen LogP) is 0.452. The van der Waals surface area contributed by atoms with E-state index < -0.39 is 0 Å². The maximum absolute atomic E-state index is 3.47. The number of thiazole rings is 1. The van der Waals surface area contributed by atoms with Crippen LogP contribution in [-0.2, 0) is 0 Å². The molecule has 0 amide bonds. The number of rotatable bonds is 2. The standard InChI is InChI=1S/C15H14N2S.BrH/c1-17(2)12-9-7-11(8-10-12)15-16-13-5-3-4-6-14(13)18-15;/h3-10H,1-2H3;1H. The van der Waals surface area contributed by atoms with Crippen LogP contribution in [0.3, 0.4) is 0 Å². The Labute approximate surface area is 127 Å². The normalized spacial score (nSPS) is 10.2. The van der Waals surface area contributed by atoms with Crippen LogP contribution in [0.5, 0.6) is 0 Å². The molecule has 2 nitrogen and oxygen atoms in total. The Morgan fingerprint density at radius 3 is 2.26 bits per heavy atom. The summed E-state index contributed by atoms with van der Waals surface area (Å²) >= 11 is 1.80. The molecule has 98 valence electrons. The Morgan fingerprint density at radius 2 is 1.63 bits per heavy atom. The van der Waals surface area contributed by atoms with Crippen LogP contribution in [0.15, 0.2) is 48.5 Å². The van der Waals surface area contributed by atoms with Gasteiger partial charge in [-0.1, -0.05) is 23.5 Å². The van der Waals surface area contributed by atoms with E-state index in [2.05, 4.69) is 72.5 Å². The molecule has 0 fully saturated rings. The summed E-state index contributed by atoms with van der Waals surface area (Å²) in [5.74, 6) is 0. The lowest BCUT2D eigenvalue weighted by atomic mass is 10.2. The molecule has 0 saturated carbocycles. The van der Waals surface area contributed by atoms with E-state index in [9.17, 15) is 0 Å². The number of fused-ring (bicyclic) bond motifs is 1. The van der Waals surface area contributed by atoms with Crippen LogP contribution < -0.4 is 26.9 Å². The van der Waals surface area contributed by atoms with Gasteiger partial charge in [0.1, 0.15) is 4.70 Å². The van der Waals surface area contributed by atoms with Crippen molar-refractivity contribution in [2.75, 3.05) is 19.0 Å². The van der Waals surface area contributed by atoms with Gasteiger partial charge in [0, 0.05) is 25.8 Å². The smallest absolute Gasteiger partial charge is 0.268 e. The molecule has 0 radical (unpaired) electrons. The molecule has 0 spiro atoms. The van der Waals surface area contributed by atoms with Gasteiger partial charge in [0.05, 0.1) is 5.56 Å². The van der Waals surface area contributed by atoms with E-state index in [1.807, 2.05) is 0 Å². The quantitative estimate of drug-likeness (QED) is 0.665. The van der Waals surface area contributed by atoms with Crippen molar-refractivity contribution in [3.63, 3.8) is 0 Å². The molecule has 2 aromatic carbocycles. The van der Waals surface area contributed by atoms with Crippen molar-refractivity contribution in [2.24, 2.45) is 0 Å². The molecule has 0 unspecified atom stereocenters. The number of H-pyrrole nitrogens is 1. The van der Waals surface area contributed by atoms with Gasteiger partial charge in [-0.2, -0.15) is 4.98 Å². The van der Waals surface area contributed by atoms with Gasteiger partial charge in [-0.05, 0) is 30.3 Å². The molecule has 0 aliphatic rings. The van der Waals surface area contributed by atoms with Gasteiger partial charge >= 0.3 is 0 Å². The van der Waals surface area contributed by atoms with Crippen molar-refractivity contribution >= 4 is 27.2 Å². The second-order valence-electron chi connectivity index (χ2n) is 4.49. The summed E-state index contributed by atoms with van der Waals surface area (Å²) in [6.07, 6.45) is 0. The third-order valence-corrected chi connectivity index (χ3v) is 4.11. The molecule has 0 aliphatic heterocycles. The Morgan fingerprint density at radius 1 is 0.947 bits per heavy atom. The third-order valence-electron chi connectivity index (χ3n) is 2.99. The zero-order valence-corrected chi connectivity index (χ0v) is 13.3. The topological polar surface area (TPSA) is 17.4 Å². The lowest BCUT2D eigenvalue weighted by molar-refractivity contribution is -0.325. The average molecular weight is 335 g/mol. The van der Waals surface area contributed by atoms with Gasteiger partial charge in [-0.3, -0.25) is 0 Å². The summed E-state index contributed by atoms with van der Waals surface area (Å²) in [4.78, 5) is 5.57. The first kappa shape index (κ1) is 14.0. The molecule has 3 rings (SSSR count). The fourth-order valence-corrected chi connectivity index (χ4v) is 2.97. The largest absolute Gasteiger partial charge is 1.00 e. The summed E-state index contributed by atoms with van der Waals surface area (Å²) in [6, 6.07) is 17.0.